The molecule has 120 valence electrons. The van der Waals surface area contributed by atoms with Crippen LogP contribution in [0.5, 0.6) is 11.5 Å². The molecule has 1 amide bonds. The second kappa shape index (κ2) is 8.28. The highest BCUT2D eigenvalue weighted by Crippen LogP contribution is 2.21. The smallest absolute Gasteiger partial charge is 0.277 e. The molecule has 0 atom stereocenters. The molecular weight excluding hydrogens is 367 g/mol. The predicted octanol–water partition coefficient (Wildman–Crippen LogP) is 3.13. The molecule has 0 fully saturated rings. The Hall–Kier alpha value is -2.41. The molecule has 2 aromatic rings. The number of carbonyl (C=O) groups excluding carboxylic acids is 1. The van der Waals surface area contributed by atoms with E-state index < -0.39 is 5.91 Å². The van der Waals surface area contributed by atoms with Crippen molar-refractivity contribution in [3.05, 3.63) is 58.3 Å². The number of nitrogens with zero attached hydrogens (tertiary/aromatic N) is 1. The summed E-state index contributed by atoms with van der Waals surface area (Å²) in [4.78, 5) is 11.6. The molecule has 2 aromatic carbocycles. The fourth-order valence-corrected chi connectivity index (χ4v) is 2.07. The fourth-order valence-electron chi connectivity index (χ4n) is 1.69. The Bertz CT molecular complexity index is 705. The van der Waals surface area contributed by atoms with Crippen LogP contribution in [0.15, 0.2) is 52.0 Å². The Labute approximate surface area is 141 Å². The first kappa shape index (κ1) is 17.0. The molecule has 1 N–H and O–H groups in total. The van der Waals surface area contributed by atoms with Crippen LogP contribution in [0, 0.1) is 5.82 Å². The maximum atomic E-state index is 12.7. The number of methoxy groups -OCH3 is 1. The Morgan fingerprint density at radius 2 is 2.04 bits per heavy atom. The van der Waals surface area contributed by atoms with Crippen molar-refractivity contribution in [3.63, 3.8) is 0 Å². The molecular formula is C16H14BrFN2O3. The lowest BCUT2D eigenvalue weighted by atomic mass is 10.2. The molecule has 5 nitrogen and oxygen atoms in total. The molecule has 7 heteroatoms. The highest BCUT2D eigenvalue weighted by molar-refractivity contribution is 9.10. The Kier molecular flexibility index (Phi) is 6.10. The zero-order valence-electron chi connectivity index (χ0n) is 12.3. The summed E-state index contributed by atoms with van der Waals surface area (Å²) >= 11 is 3.35. The van der Waals surface area contributed by atoms with Crippen LogP contribution in [0.4, 0.5) is 4.39 Å². The van der Waals surface area contributed by atoms with Gasteiger partial charge in [-0.2, -0.15) is 5.10 Å². The normalized spacial score (nSPS) is 10.6. The van der Waals surface area contributed by atoms with Gasteiger partial charge in [-0.15, -0.1) is 0 Å². The second-order valence-corrected chi connectivity index (χ2v) is 5.34. The molecule has 0 saturated heterocycles. The standard InChI is InChI=1S/C16H14BrFN2O3/c1-22-15-7-2-12(17)8-11(15)9-19-20-16(21)10-23-14-5-3-13(18)4-6-14/h2-9H,10H2,1H3,(H,20,21)/b19-9-. The lowest BCUT2D eigenvalue weighted by Crippen LogP contribution is -2.24. The van der Waals surface area contributed by atoms with Gasteiger partial charge in [-0.25, -0.2) is 9.82 Å². The van der Waals surface area contributed by atoms with E-state index in [4.69, 9.17) is 9.47 Å². The van der Waals surface area contributed by atoms with Crippen molar-refractivity contribution in [3.8, 4) is 11.5 Å². The van der Waals surface area contributed by atoms with Gasteiger partial charge in [-0.05, 0) is 42.5 Å². The molecule has 0 aromatic heterocycles. The van der Waals surface area contributed by atoms with Crippen LogP contribution in [0.3, 0.4) is 0 Å². The molecule has 0 aliphatic heterocycles. The Morgan fingerprint density at radius 3 is 2.74 bits per heavy atom. The molecule has 0 saturated carbocycles. The van der Waals surface area contributed by atoms with Gasteiger partial charge < -0.3 is 9.47 Å². The zero-order valence-corrected chi connectivity index (χ0v) is 13.8. The maximum Gasteiger partial charge on any atom is 0.277 e. The van der Waals surface area contributed by atoms with Gasteiger partial charge >= 0.3 is 0 Å². The van der Waals surface area contributed by atoms with E-state index in [2.05, 4.69) is 26.5 Å². The largest absolute Gasteiger partial charge is 0.496 e. The highest BCUT2D eigenvalue weighted by atomic mass is 79.9. The molecule has 0 unspecified atom stereocenters. The third-order valence-corrected chi connectivity index (χ3v) is 3.26. The van der Waals surface area contributed by atoms with Crippen LogP contribution in [0.1, 0.15) is 5.56 Å². The highest BCUT2D eigenvalue weighted by Gasteiger charge is 2.03. The van der Waals surface area contributed by atoms with Crippen molar-refractivity contribution in [2.24, 2.45) is 5.10 Å². The van der Waals surface area contributed by atoms with Crippen LogP contribution in [-0.4, -0.2) is 25.8 Å². The predicted molar refractivity (Wildman–Crippen MR) is 88.3 cm³/mol. The summed E-state index contributed by atoms with van der Waals surface area (Å²) in [7, 11) is 1.55. The molecule has 0 spiro atoms. The summed E-state index contributed by atoms with van der Waals surface area (Å²) in [5.41, 5.74) is 3.05. The Morgan fingerprint density at radius 1 is 1.30 bits per heavy atom. The fraction of sp³-hybridized carbons (Fsp3) is 0.125. The summed E-state index contributed by atoms with van der Waals surface area (Å²) in [6, 6.07) is 10.8. The van der Waals surface area contributed by atoms with Gasteiger partial charge in [0.05, 0.1) is 13.3 Å². The summed E-state index contributed by atoms with van der Waals surface area (Å²) in [6.07, 6.45) is 1.47. The Balaban J connectivity index is 1.86. The number of amides is 1. The molecule has 0 aliphatic rings. The van der Waals surface area contributed by atoms with Crippen LogP contribution in [0.25, 0.3) is 0 Å². The number of nitrogens with one attached hydrogen (secondary N) is 1. The minimum Gasteiger partial charge on any atom is -0.496 e. The number of rotatable bonds is 6. The van der Waals surface area contributed by atoms with Crippen LogP contribution in [0.2, 0.25) is 0 Å². The first-order chi connectivity index (χ1) is 11.1. The van der Waals surface area contributed by atoms with E-state index in [1.807, 2.05) is 12.1 Å². The number of carbonyl (C=O) groups is 1. The molecule has 23 heavy (non-hydrogen) atoms. The molecule has 0 aliphatic carbocycles. The van der Waals surface area contributed by atoms with Crippen molar-refractivity contribution in [1.29, 1.82) is 0 Å². The van der Waals surface area contributed by atoms with E-state index in [0.717, 1.165) is 4.47 Å². The van der Waals surface area contributed by atoms with Gasteiger partial charge in [0.15, 0.2) is 6.61 Å². The summed E-state index contributed by atoms with van der Waals surface area (Å²) in [6.45, 7) is -0.224. The molecule has 0 bridgehead atoms. The first-order valence-electron chi connectivity index (χ1n) is 6.62. The lowest BCUT2D eigenvalue weighted by molar-refractivity contribution is -0.123. The van der Waals surface area contributed by atoms with E-state index in [9.17, 15) is 9.18 Å². The number of hydrogen-bond donors (Lipinski definition) is 1. The summed E-state index contributed by atoms with van der Waals surface area (Å²) < 4.78 is 24.0. The quantitative estimate of drug-likeness (QED) is 0.618. The van der Waals surface area contributed by atoms with E-state index >= 15 is 0 Å². The minimum atomic E-state index is -0.431. The second-order valence-electron chi connectivity index (χ2n) is 4.42. The van der Waals surface area contributed by atoms with Crippen molar-refractivity contribution in [2.45, 2.75) is 0 Å². The summed E-state index contributed by atoms with van der Waals surface area (Å²) in [5.74, 6) is 0.238. The van der Waals surface area contributed by atoms with E-state index in [-0.39, 0.29) is 12.4 Å². The zero-order chi connectivity index (χ0) is 16.7. The number of benzene rings is 2. The van der Waals surface area contributed by atoms with Gasteiger partial charge in [0.1, 0.15) is 17.3 Å². The van der Waals surface area contributed by atoms with Crippen molar-refractivity contribution in [2.75, 3.05) is 13.7 Å². The number of ether oxygens (including phenoxy) is 2. The van der Waals surface area contributed by atoms with E-state index in [1.54, 1.807) is 13.2 Å². The molecule has 0 heterocycles. The topological polar surface area (TPSA) is 59.9 Å². The van der Waals surface area contributed by atoms with Gasteiger partial charge in [0, 0.05) is 10.0 Å². The van der Waals surface area contributed by atoms with E-state index in [0.29, 0.717) is 17.1 Å². The number of hydrogen-bond acceptors (Lipinski definition) is 4. The monoisotopic (exact) mass is 380 g/mol. The van der Waals surface area contributed by atoms with Gasteiger partial charge in [-0.3, -0.25) is 4.79 Å². The van der Waals surface area contributed by atoms with Gasteiger partial charge in [0.25, 0.3) is 5.91 Å². The van der Waals surface area contributed by atoms with Gasteiger partial charge in [0.2, 0.25) is 0 Å². The summed E-state index contributed by atoms with van der Waals surface area (Å²) in [5, 5.41) is 3.85. The van der Waals surface area contributed by atoms with E-state index in [1.165, 1.54) is 30.5 Å². The van der Waals surface area contributed by atoms with Crippen LogP contribution < -0.4 is 14.9 Å². The van der Waals surface area contributed by atoms with Crippen LogP contribution in [-0.2, 0) is 4.79 Å². The molecule has 2 rings (SSSR count). The number of halogens is 2. The third kappa shape index (κ3) is 5.37. The lowest BCUT2D eigenvalue weighted by Gasteiger charge is -2.06. The van der Waals surface area contributed by atoms with Crippen molar-refractivity contribution in [1.82, 2.24) is 5.43 Å². The van der Waals surface area contributed by atoms with Gasteiger partial charge in [-0.1, -0.05) is 15.9 Å². The van der Waals surface area contributed by atoms with Crippen molar-refractivity contribution >= 4 is 28.1 Å². The average Bonchev–Trinajstić information content (AvgIpc) is 2.54. The number of hydrazone groups is 1. The van der Waals surface area contributed by atoms with Crippen molar-refractivity contribution < 1.29 is 18.7 Å². The maximum absolute atomic E-state index is 12.7. The SMILES string of the molecule is COc1ccc(Br)cc1/C=N\NC(=O)COc1ccc(F)cc1. The minimum absolute atomic E-state index is 0.224. The first-order valence-corrected chi connectivity index (χ1v) is 7.41. The van der Waals surface area contributed by atoms with Crippen LogP contribution >= 0.6 is 15.9 Å². The molecule has 0 radical (unpaired) electrons. The average molecular weight is 381 g/mol. The third-order valence-electron chi connectivity index (χ3n) is 2.77.